The van der Waals surface area contributed by atoms with Gasteiger partial charge in [-0.3, -0.25) is 24.0 Å². The number of amides is 5. The number of carbonyl (C=O) groups is 5. The van der Waals surface area contributed by atoms with E-state index in [1.54, 1.807) is 39.0 Å². The molecule has 2 bridgehead atoms. The number of benzene rings is 2. The molecular weight excluding hydrogens is 550 g/mol. The third kappa shape index (κ3) is 7.59. The third-order valence-electron chi connectivity index (χ3n) is 7.87. The second kappa shape index (κ2) is 14.0. The average molecular weight is 590 g/mol. The van der Waals surface area contributed by atoms with Crippen LogP contribution in [0.2, 0.25) is 0 Å². The van der Waals surface area contributed by atoms with E-state index in [1.165, 1.54) is 23.0 Å². The number of hydrogen-bond acceptors (Lipinski definition) is 6. The first kappa shape index (κ1) is 31.3. The Morgan fingerprint density at radius 1 is 1.07 bits per heavy atom. The average Bonchev–Trinajstić information content (AvgIpc) is 3.42. The zero-order valence-corrected chi connectivity index (χ0v) is 24.9. The molecule has 3 aliphatic heterocycles. The van der Waals surface area contributed by atoms with Crippen LogP contribution in [0.5, 0.6) is 5.75 Å². The second-order valence-electron chi connectivity index (χ2n) is 11.3. The van der Waals surface area contributed by atoms with Gasteiger partial charge in [-0.05, 0) is 42.2 Å². The van der Waals surface area contributed by atoms with Gasteiger partial charge in [0.05, 0.1) is 0 Å². The maximum atomic E-state index is 14.0. The van der Waals surface area contributed by atoms with E-state index in [9.17, 15) is 24.0 Å². The van der Waals surface area contributed by atoms with Crippen molar-refractivity contribution in [2.75, 3.05) is 13.6 Å². The minimum atomic E-state index is -1.06. The molecule has 1 fully saturated rings. The minimum Gasteiger partial charge on any atom is -0.488 e. The molecular formula is C32H39N5O6. The largest absolute Gasteiger partial charge is 0.488 e. The predicted octanol–water partition coefficient (Wildman–Crippen LogP) is 1.48. The standard InChI is InChI=1S/C32H39N5O6/c1-20(2)27(35-29(39)21(3)36(4)19-38)32(42)37-17-15-26-28(37)31(41)34-25(18-23-8-6-5-7-9-23)30(40)33-16-14-22-10-12-24(43-26)13-11-22/h5-14,16,19-21,25-28H,15,17-18H2,1-4H3,(H,33,40)(H,34,41)(H,35,39)/b16-14-/t21-,25-,26-,27+,28-/m0/s1. The van der Waals surface area contributed by atoms with E-state index >= 15 is 0 Å². The van der Waals surface area contributed by atoms with E-state index in [-0.39, 0.29) is 18.9 Å². The number of rotatable bonds is 8. The van der Waals surface area contributed by atoms with Gasteiger partial charge in [0.2, 0.25) is 30.0 Å². The molecule has 0 unspecified atom stereocenters. The van der Waals surface area contributed by atoms with Crippen molar-refractivity contribution >= 4 is 36.1 Å². The number of fused-ring (bicyclic) bond motifs is 7. The second-order valence-corrected chi connectivity index (χ2v) is 11.3. The molecule has 0 spiro atoms. The number of likely N-dealkylation sites (N-methyl/N-ethyl adjacent to an activating group) is 1. The van der Waals surface area contributed by atoms with E-state index in [1.807, 2.05) is 42.5 Å². The molecule has 0 radical (unpaired) electrons. The van der Waals surface area contributed by atoms with Gasteiger partial charge in [-0.25, -0.2) is 0 Å². The van der Waals surface area contributed by atoms with Crippen molar-refractivity contribution < 1.29 is 28.7 Å². The molecule has 5 amide bonds. The van der Waals surface area contributed by atoms with Crippen LogP contribution < -0.4 is 20.7 Å². The number of carbonyl (C=O) groups excluding carboxylic acids is 5. The maximum Gasteiger partial charge on any atom is 0.247 e. The highest BCUT2D eigenvalue weighted by atomic mass is 16.5. The van der Waals surface area contributed by atoms with Gasteiger partial charge in [0.15, 0.2) is 0 Å². The Hall–Kier alpha value is -4.67. The van der Waals surface area contributed by atoms with Crippen molar-refractivity contribution in [3.05, 3.63) is 71.9 Å². The van der Waals surface area contributed by atoms with Crippen LogP contribution in [0.15, 0.2) is 60.8 Å². The van der Waals surface area contributed by atoms with Gasteiger partial charge in [0.1, 0.15) is 36.0 Å². The van der Waals surface area contributed by atoms with Crippen LogP contribution in [0.1, 0.15) is 38.3 Å². The lowest BCUT2D eigenvalue weighted by atomic mass is 10.0. The molecule has 2 aromatic carbocycles. The molecule has 228 valence electrons. The van der Waals surface area contributed by atoms with Gasteiger partial charge in [0.25, 0.3) is 0 Å². The van der Waals surface area contributed by atoms with Crippen LogP contribution in [0.3, 0.4) is 0 Å². The van der Waals surface area contributed by atoms with Gasteiger partial charge >= 0.3 is 0 Å². The number of nitrogens with zero attached hydrogens (tertiary/aromatic N) is 2. The summed E-state index contributed by atoms with van der Waals surface area (Å²) in [5.41, 5.74) is 1.70. The summed E-state index contributed by atoms with van der Waals surface area (Å²) in [4.78, 5) is 68.1. The molecule has 3 aliphatic rings. The van der Waals surface area contributed by atoms with Crippen molar-refractivity contribution in [2.45, 2.75) is 63.9 Å². The molecule has 0 saturated carbocycles. The molecule has 3 heterocycles. The van der Waals surface area contributed by atoms with Crippen LogP contribution in [0.25, 0.3) is 6.08 Å². The van der Waals surface area contributed by atoms with Crippen molar-refractivity contribution in [1.82, 2.24) is 25.8 Å². The van der Waals surface area contributed by atoms with Crippen LogP contribution in [-0.2, 0) is 30.4 Å². The Labute approximate surface area is 251 Å². The zero-order valence-electron chi connectivity index (χ0n) is 24.9. The normalized spacial score (nSPS) is 22.3. The summed E-state index contributed by atoms with van der Waals surface area (Å²) in [7, 11) is 1.48. The van der Waals surface area contributed by atoms with Crippen LogP contribution >= 0.6 is 0 Å². The lowest BCUT2D eigenvalue weighted by Crippen LogP contribution is -2.60. The first-order chi connectivity index (χ1) is 20.6. The molecule has 5 rings (SSSR count). The lowest BCUT2D eigenvalue weighted by Gasteiger charge is -2.33. The van der Waals surface area contributed by atoms with Gasteiger partial charge in [-0.2, -0.15) is 0 Å². The first-order valence-electron chi connectivity index (χ1n) is 14.4. The molecule has 0 aliphatic carbocycles. The topological polar surface area (TPSA) is 137 Å². The third-order valence-corrected chi connectivity index (χ3v) is 7.87. The fourth-order valence-corrected chi connectivity index (χ4v) is 5.16. The summed E-state index contributed by atoms with van der Waals surface area (Å²) in [6, 6.07) is 12.8. The van der Waals surface area contributed by atoms with Crippen molar-refractivity contribution in [1.29, 1.82) is 0 Å². The Kier molecular flexibility index (Phi) is 10.2. The van der Waals surface area contributed by atoms with E-state index < -0.39 is 53.9 Å². The Morgan fingerprint density at radius 3 is 2.42 bits per heavy atom. The van der Waals surface area contributed by atoms with Crippen LogP contribution in [0.4, 0.5) is 0 Å². The summed E-state index contributed by atoms with van der Waals surface area (Å²) in [6.45, 7) is 5.36. The highest BCUT2D eigenvalue weighted by molar-refractivity contribution is 5.96. The Morgan fingerprint density at radius 2 is 1.77 bits per heavy atom. The molecule has 3 N–H and O–H groups in total. The lowest BCUT2D eigenvalue weighted by molar-refractivity contribution is -0.145. The SMILES string of the molecule is CC(C)[C@@H](NC(=O)[C@H](C)N(C)C=O)C(=O)N1CC[C@@H]2Oc3ccc(cc3)/C=C\NC(=O)[C@H](Cc3ccccc3)NC(=O)[C@H]21. The molecule has 11 nitrogen and oxygen atoms in total. The fourth-order valence-electron chi connectivity index (χ4n) is 5.16. The minimum absolute atomic E-state index is 0.208. The van der Waals surface area contributed by atoms with Crippen molar-refractivity contribution in [3.63, 3.8) is 0 Å². The molecule has 1 saturated heterocycles. The van der Waals surface area contributed by atoms with Gasteiger partial charge < -0.3 is 30.5 Å². The highest BCUT2D eigenvalue weighted by Gasteiger charge is 2.46. The number of hydrogen-bond donors (Lipinski definition) is 3. The van der Waals surface area contributed by atoms with E-state index in [0.717, 1.165) is 11.1 Å². The van der Waals surface area contributed by atoms with Crippen LogP contribution in [-0.4, -0.2) is 83.7 Å². The maximum absolute atomic E-state index is 14.0. The van der Waals surface area contributed by atoms with Crippen LogP contribution in [0, 0.1) is 5.92 Å². The van der Waals surface area contributed by atoms with E-state index in [4.69, 9.17) is 4.74 Å². The zero-order chi connectivity index (χ0) is 31.1. The summed E-state index contributed by atoms with van der Waals surface area (Å²) < 4.78 is 6.26. The van der Waals surface area contributed by atoms with E-state index in [0.29, 0.717) is 18.6 Å². The smallest absolute Gasteiger partial charge is 0.247 e. The number of ether oxygens (including phenoxy) is 1. The molecule has 0 aromatic heterocycles. The van der Waals surface area contributed by atoms with Gasteiger partial charge in [-0.1, -0.05) is 56.3 Å². The quantitative estimate of drug-likeness (QED) is 0.399. The number of likely N-dealkylation sites (tertiary alicyclic amines) is 1. The summed E-state index contributed by atoms with van der Waals surface area (Å²) in [5.74, 6) is -1.65. The van der Waals surface area contributed by atoms with Gasteiger partial charge in [-0.15, -0.1) is 0 Å². The number of nitrogens with one attached hydrogen (secondary N) is 3. The van der Waals surface area contributed by atoms with E-state index in [2.05, 4.69) is 16.0 Å². The summed E-state index contributed by atoms with van der Waals surface area (Å²) >= 11 is 0. The first-order valence-corrected chi connectivity index (χ1v) is 14.4. The molecule has 2 aromatic rings. The van der Waals surface area contributed by atoms with Gasteiger partial charge in [0, 0.05) is 32.6 Å². The molecule has 11 heteroatoms. The van der Waals surface area contributed by atoms with Crippen molar-refractivity contribution in [2.24, 2.45) is 5.92 Å². The van der Waals surface area contributed by atoms with Crippen molar-refractivity contribution in [3.8, 4) is 5.75 Å². The molecule has 5 atom stereocenters. The predicted molar refractivity (Wildman–Crippen MR) is 160 cm³/mol. The monoisotopic (exact) mass is 589 g/mol. The fraction of sp³-hybridized carbons (Fsp3) is 0.406. The summed E-state index contributed by atoms with van der Waals surface area (Å²) in [6.07, 6.45) is 3.73. The Balaban J connectivity index is 1.66. The molecule has 43 heavy (non-hydrogen) atoms. The highest BCUT2D eigenvalue weighted by Crippen LogP contribution is 2.27. The summed E-state index contributed by atoms with van der Waals surface area (Å²) in [5, 5.41) is 8.41. The Bertz CT molecular complexity index is 1350.